The highest BCUT2D eigenvalue weighted by Gasteiger charge is 2.32. The van der Waals surface area contributed by atoms with Crippen molar-refractivity contribution in [2.24, 2.45) is 0 Å². The minimum absolute atomic E-state index is 0.309. The molecule has 0 aliphatic carbocycles. The molecule has 2 rings (SSSR count). The van der Waals surface area contributed by atoms with Gasteiger partial charge in [-0.2, -0.15) is 13.2 Å². The van der Waals surface area contributed by atoms with Crippen molar-refractivity contribution < 1.29 is 23.1 Å². The minimum Gasteiger partial charge on any atom is -0.478 e. The Morgan fingerprint density at radius 3 is 2.42 bits per heavy atom. The van der Waals surface area contributed by atoms with E-state index in [1.54, 1.807) is 4.90 Å². The highest BCUT2D eigenvalue weighted by atomic mass is 19.4. The molecule has 0 saturated carbocycles. The van der Waals surface area contributed by atoms with Crippen LogP contribution in [-0.4, -0.2) is 37.3 Å². The molecule has 0 spiro atoms. The summed E-state index contributed by atoms with van der Waals surface area (Å²) in [6.07, 6.45) is -4.54. The van der Waals surface area contributed by atoms with Crippen molar-refractivity contribution >= 4 is 11.7 Å². The number of nitrogens with one attached hydrogen (secondary N) is 1. The van der Waals surface area contributed by atoms with Gasteiger partial charge in [0, 0.05) is 26.2 Å². The summed E-state index contributed by atoms with van der Waals surface area (Å²) >= 11 is 0. The first-order valence-corrected chi connectivity index (χ1v) is 5.80. The minimum atomic E-state index is -4.54. The van der Waals surface area contributed by atoms with E-state index in [1.807, 2.05) is 0 Å². The fourth-order valence-corrected chi connectivity index (χ4v) is 2.07. The molecule has 2 N–H and O–H groups in total. The predicted molar refractivity (Wildman–Crippen MR) is 63.5 cm³/mol. The first kappa shape index (κ1) is 13.7. The second-order valence-electron chi connectivity index (χ2n) is 4.27. The molecular weight excluding hydrogens is 261 g/mol. The summed E-state index contributed by atoms with van der Waals surface area (Å²) in [7, 11) is 0. The Morgan fingerprint density at radius 2 is 1.89 bits per heavy atom. The lowest BCUT2D eigenvalue weighted by Gasteiger charge is -2.30. The average Bonchev–Trinajstić information content (AvgIpc) is 2.38. The molecule has 1 aliphatic rings. The monoisotopic (exact) mass is 274 g/mol. The molecule has 1 aromatic rings. The fourth-order valence-electron chi connectivity index (χ4n) is 2.07. The molecule has 1 heterocycles. The Kier molecular flexibility index (Phi) is 3.66. The summed E-state index contributed by atoms with van der Waals surface area (Å²) in [6.45, 7) is 2.51. The largest absolute Gasteiger partial charge is 0.478 e. The summed E-state index contributed by atoms with van der Waals surface area (Å²) in [6, 6.07) is 2.85. The van der Waals surface area contributed by atoms with Gasteiger partial charge in [-0.1, -0.05) is 0 Å². The third-order valence-electron chi connectivity index (χ3n) is 3.01. The topological polar surface area (TPSA) is 52.6 Å². The van der Waals surface area contributed by atoms with Gasteiger partial charge < -0.3 is 15.3 Å². The van der Waals surface area contributed by atoms with Gasteiger partial charge in [-0.25, -0.2) is 4.79 Å². The number of piperazine rings is 1. The van der Waals surface area contributed by atoms with Crippen molar-refractivity contribution in [3.63, 3.8) is 0 Å². The van der Waals surface area contributed by atoms with Crippen molar-refractivity contribution in [2.45, 2.75) is 6.18 Å². The van der Waals surface area contributed by atoms with Gasteiger partial charge in [0.2, 0.25) is 0 Å². The van der Waals surface area contributed by atoms with Crippen LogP contribution in [0.3, 0.4) is 0 Å². The molecule has 0 aromatic heterocycles. The number of halogens is 3. The van der Waals surface area contributed by atoms with Crippen molar-refractivity contribution in [1.29, 1.82) is 0 Å². The van der Waals surface area contributed by atoms with Crippen molar-refractivity contribution in [3.8, 4) is 0 Å². The maximum atomic E-state index is 12.6. The number of hydrogen-bond donors (Lipinski definition) is 2. The van der Waals surface area contributed by atoms with Crippen LogP contribution in [0.25, 0.3) is 0 Å². The molecule has 4 nitrogen and oxygen atoms in total. The summed E-state index contributed by atoms with van der Waals surface area (Å²) in [4.78, 5) is 12.9. The van der Waals surface area contributed by atoms with Gasteiger partial charge in [0.15, 0.2) is 0 Å². The Labute approximate surface area is 107 Å². The van der Waals surface area contributed by atoms with Gasteiger partial charge in [-0.15, -0.1) is 0 Å². The second-order valence-corrected chi connectivity index (χ2v) is 4.27. The third-order valence-corrected chi connectivity index (χ3v) is 3.01. The van der Waals surface area contributed by atoms with Crippen LogP contribution in [0.4, 0.5) is 18.9 Å². The number of carboxylic acids is 1. The highest BCUT2D eigenvalue weighted by Crippen LogP contribution is 2.33. The standard InChI is InChI=1S/C12H13F3N2O2/c13-12(14,15)8-1-2-10(9(7-8)11(18)19)17-5-3-16-4-6-17/h1-2,7,16H,3-6H2,(H,18,19). The molecule has 0 radical (unpaired) electrons. The van der Waals surface area contributed by atoms with Crippen molar-refractivity contribution in [3.05, 3.63) is 29.3 Å². The average molecular weight is 274 g/mol. The molecule has 1 saturated heterocycles. The quantitative estimate of drug-likeness (QED) is 0.863. The smallest absolute Gasteiger partial charge is 0.416 e. The van der Waals surface area contributed by atoms with Gasteiger partial charge >= 0.3 is 12.1 Å². The van der Waals surface area contributed by atoms with Crippen molar-refractivity contribution in [2.75, 3.05) is 31.1 Å². The predicted octanol–water partition coefficient (Wildman–Crippen LogP) is 1.81. The molecule has 1 aromatic carbocycles. The SMILES string of the molecule is O=C(O)c1cc(C(F)(F)F)ccc1N1CCNCC1. The Hall–Kier alpha value is -1.76. The third kappa shape index (κ3) is 2.98. The molecule has 1 aliphatic heterocycles. The molecular formula is C12H13F3N2O2. The molecule has 0 atom stereocenters. The lowest BCUT2D eigenvalue weighted by Crippen LogP contribution is -2.44. The van der Waals surface area contributed by atoms with Gasteiger partial charge in [0.05, 0.1) is 16.8 Å². The number of alkyl halides is 3. The summed E-state index contributed by atoms with van der Waals surface area (Å²) in [5.41, 5.74) is -0.914. The number of aromatic carboxylic acids is 1. The number of rotatable bonds is 2. The lowest BCUT2D eigenvalue weighted by atomic mass is 10.1. The van der Waals surface area contributed by atoms with Crippen LogP contribution in [-0.2, 0) is 6.18 Å². The van der Waals surface area contributed by atoms with E-state index in [4.69, 9.17) is 5.11 Å². The van der Waals surface area contributed by atoms with E-state index in [1.165, 1.54) is 6.07 Å². The van der Waals surface area contributed by atoms with E-state index in [9.17, 15) is 18.0 Å². The molecule has 1 fully saturated rings. The number of carboxylic acid groups (broad SMARTS) is 1. The second kappa shape index (κ2) is 5.08. The fraction of sp³-hybridized carbons (Fsp3) is 0.417. The molecule has 19 heavy (non-hydrogen) atoms. The van der Waals surface area contributed by atoms with Crippen LogP contribution in [0.1, 0.15) is 15.9 Å². The number of nitrogens with zero attached hydrogens (tertiary/aromatic N) is 1. The Morgan fingerprint density at radius 1 is 1.26 bits per heavy atom. The van der Waals surface area contributed by atoms with Crippen LogP contribution in [0.2, 0.25) is 0 Å². The van der Waals surface area contributed by atoms with Crippen LogP contribution in [0, 0.1) is 0 Å². The molecule has 0 bridgehead atoms. The van der Waals surface area contributed by atoms with Crippen LogP contribution < -0.4 is 10.2 Å². The van der Waals surface area contributed by atoms with E-state index >= 15 is 0 Å². The molecule has 104 valence electrons. The first-order chi connectivity index (χ1) is 8.89. The van der Waals surface area contributed by atoms with E-state index in [2.05, 4.69) is 5.32 Å². The molecule has 7 heteroatoms. The van der Waals surface area contributed by atoms with Crippen molar-refractivity contribution in [1.82, 2.24) is 5.32 Å². The maximum absolute atomic E-state index is 12.6. The summed E-state index contributed by atoms with van der Waals surface area (Å²) in [5, 5.41) is 12.2. The van der Waals surface area contributed by atoms with Gasteiger partial charge in [-0.3, -0.25) is 0 Å². The van der Waals surface area contributed by atoms with Crippen LogP contribution in [0.15, 0.2) is 18.2 Å². The van der Waals surface area contributed by atoms with Gasteiger partial charge in [0.25, 0.3) is 0 Å². The van der Waals surface area contributed by atoms with E-state index in [0.717, 1.165) is 6.07 Å². The zero-order chi connectivity index (χ0) is 14.0. The zero-order valence-corrected chi connectivity index (χ0v) is 10.00. The molecule has 0 amide bonds. The van der Waals surface area contributed by atoms with Crippen LogP contribution in [0.5, 0.6) is 0 Å². The maximum Gasteiger partial charge on any atom is 0.416 e. The molecule has 0 unspecified atom stereocenters. The lowest BCUT2D eigenvalue weighted by molar-refractivity contribution is -0.137. The Balaban J connectivity index is 2.40. The van der Waals surface area contributed by atoms with Gasteiger partial charge in [-0.05, 0) is 18.2 Å². The first-order valence-electron chi connectivity index (χ1n) is 5.80. The number of hydrogen-bond acceptors (Lipinski definition) is 3. The van der Waals surface area contributed by atoms with E-state index in [0.29, 0.717) is 37.9 Å². The Bertz CT molecular complexity index is 482. The number of benzene rings is 1. The van der Waals surface area contributed by atoms with Gasteiger partial charge in [0.1, 0.15) is 0 Å². The zero-order valence-electron chi connectivity index (χ0n) is 10.00. The summed E-state index contributed by atoms with van der Waals surface area (Å²) in [5.74, 6) is -1.35. The highest BCUT2D eigenvalue weighted by molar-refractivity contribution is 5.94. The van der Waals surface area contributed by atoms with E-state index < -0.39 is 17.7 Å². The normalized spacial score (nSPS) is 16.5. The van der Waals surface area contributed by atoms with Crippen LogP contribution >= 0.6 is 0 Å². The number of carbonyl (C=O) groups is 1. The number of anilines is 1. The summed E-state index contributed by atoms with van der Waals surface area (Å²) < 4.78 is 37.8. The van der Waals surface area contributed by atoms with E-state index in [-0.39, 0.29) is 5.56 Å².